The summed E-state index contributed by atoms with van der Waals surface area (Å²) in [7, 11) is -2.35. The van der Waals surface area contributed by atoms with Crippen LogP contribution in [-0.2, 0) is 29.1 Å². The van der Waals surface area contributed by atoms with Crippen LogP contribution >= 0.6 is 0 Å². The highest BCUT2D eigenvalue weighted by Gasteiger charge is 2.55. The van der Waals surface area contributed by atoms with E-state index in [-0.39, 0.29) is 32.0 Å². The summed E-state index contributed by atoms with van der Waals surface area (Å²) in [6, 6.07) is 7.19. The Morgan fingerprint density at radius 3 is 2.12 bits per heavy atom. The van der Waals surface area contributed by atoms with Crippen molar-refractivity contribution in [3.8, 4) is 5.75 Å². The smallest absolute Gasteiger partial charge is 0.266 e. The van der Waals surface area contributed by atoms with Gasteiger partial charge in [0.2, 0.25) is 10.0 Å². The minimum Gasteiger partial charge on any atom is -0.497 e. The number of amides is 2. The van der Waals surface area contributed by atoms with E-state index in [1.165, 1.54) is 4.31 Å². The predicted molar refractivity (Wildman–Crippen MR) is 150 cm³/mol. The molecule has 4 aliphatic heterocycles. The number of nitrogens with one attached hydrogen (secondary N) is 1. The first-order valence-corrected chi connectivity index (χ1v) is 16.4. The van der Waals surface area contributed by atoms with Gasteiger partial charge in [-0.15, -0.1) is 0 Å². The summed E-state index contributed by atoms with van der Waals surface area (Å²) in [5.41, 5.74) is 3.09. The number of sulfonamides is 1. The fourth-order valence-corrected chi connectivity index (χ4v) is 8.79. The van der Waals surface area contributed by atoms with Gasteiger partial charge in [0.25, 0.3) is 11.8 Å². The topological polar surface area (TPSA) is 124 Å². The monoisotopic (exact) mass is 593 g/mol. The molecule has 12 heteroatoms. The van der Waals surface area contributed by atoms with Gasteiger partial charge in [-0.1, -0.05) is 0 Å². The predicted octanol–water partition coefficient (Wildman–Crippen LogP) is 2.71. The van der Waals surface area contributed by atoms with Gasteiger partial charge in [0.15, 0.2) is 11.0 Å². The van der Waals surface area contributed by atoms with Crippen molar-refractivity contribution in [1.82, 2.24) is 14.7 Å². The first-order chi connectivity index (χ1) is 19.8. The molecule has 4 saturated heterocycles. The summed E-state index contributed by atoms with van der Waals surface area (Å²) in [6.45, 7) is 3.14. The molecule has 1 unspecified atom stereocenters. The zero-order chi connectivity index (χ0) is 28.9. The first kappa shape index (κ1) is 30.2. The quantitative estimate of drug-likeness (QED) is 0.457. The maximum atomic E-state index is 14.0. The Morgan fingerprint density at radius 2 is 1.54 bits per heavy atom. The van der Waals surface area contributed by atoms with Crippen LogP contribution in [0.25, 0.3) is 0 Å². The number of nitrogens with zero attached hydrogens (tertiary/aromatic N) is 2. The molecule has 41 heavy (non-hydrogen) atoms. The van der Waals surface area contributed by atoms with Gasteiger partial charge in [0.1, 0.15) is 5.75 Å². The third kappa shape index (κ3) is 6.56. The standard InChI is InChI=1S/C29H43N3O8S/c1-37-25-7-5-24(6-8-25)27(33)31-15-9-22(10-16-31)23-11-17-32(18-12-23)41(35,36)29(13-20-38-21-14-29)28(34)30-40-26-4-2-3-19-39-26/h5-8,22-23,26H,2-4,9-21H2,1H3,(H,30,34). The lowest BCUT2D eigenvalue weighted by molar-refractivity contribution is -0.202. The summed E-state index contributed by atoms with van der Waals surface area (Å²) in [5.74, 6) is 0.964. The molecule has 4 aliphatic rings. The van der Waals surface area contributed by atoms with Crippen molar-refractivity contribution >= 4 is 21.8 Å². The fourth-order valence-electron chi connectivity index (χ4n) is 6.64. The molecule has 0 saturated carbocycles. The summed E-state index contributed by atoms with van der Waals surface area (Å²) < 4.78 is 44.1. The van der Waals surface area contributed by atoms with Crippen molar-refractivity contribution in [3.05, 3.63) is 29.8 Å². The molecule has 0 aliphatic carbocycles. The molecule has 5 rings (SSSR count). The molecular weight excluding hydrogens is 550 g/mol. The van der Waals surface area contributed by atoms with E-state index in [4.69, 9.17) is 19.0 Å². The summed E-state index contributed by atoms with van der Waals surface area (Å²) >= 11 is 0. The van der Waals surface area contributed by atoms with Gasteiger partial charge in [0, 0.05) is 70.8 Å². The lowest BCUT2D eigenvalue weighted by Crippen LogP contribution is -2.61. The van der Waals surface area contributed by atoms with E-state index < -0.39 is 27.0 Å². The number of piperidine rings is 2. The van der Waals surface area contributed by atoms with E-state index in [9.17, 15) is 18.0 Å². The normalized spacial score (nSPS) is 25.0. The Morgan fingerprint density at radius 1 is 0.902 bits per heavy atom. The van der Waals surface area contributed by atoms with E-state index in [0.717, 1.165) is 44.3 Å². The number of carbonyl (C=O) groups excluding carboxylic acids is 2. The van der Waals surface area contributed by atoms with Gasteiger partial charge >= 0.3 is 0 Å². The number of methoxy groups -OCH3 is 1. The SMILES string of the molecule is COc1ccc(C(=O)N2CCC(C3CCN(S(=O)(=O)C4(C(=O)NOC5CCCCO5)CCOCC4)CC3)CC2)cc1. The molecule has 0 aromatic heterocycles. The number of hydrogen-bond acceptors (Lipinski definition) is 8. The molecule has 1 aromatic carbocycles. The molecule has 11 nitrogen and oxygen atoms in total. The van der Waals surface area contributed by atoms with Crippen molar-refractivity contribution in [2.75, 3.05) is 53.1 Å². The zero-order valence-electron chi connectivity index (χ0n) is 23.9. The number of benzene rings is 1. The lowest BCUT2D eigenvalue weighted by Gasteiger charge is -2.43. The van der Waals surface area contributed by atoms with Crippen LogP contribution in [0.15, 0.2) is 24.3 Å². The molecule has 1 N–H and O–H groups in total. The Balaban J connectivity index is 1.15. The number of hydroxylamine groups is 1. The molecule has 2 amide bonds. The molecular formula is C29H43N3O8S. The summed E-state index contributed by atoms with van der Waals surface area (Å²) in [4.78, 5) is 33.7. The fraction of sp³-hybridized carbons (Fsp3) is 0.724. The highest BCUT2D eigenvalue weighted by molar-refractivity contribution is 7.91. The van der Waals surface area contributed by atoms with Gasteiger partial charge in [-0.2, -0.15) is 0 Å². The van der Waals surface area contributed by atoms with Crippen LogP contribution in [-0.4, -0.2) is 93.6 Å². The molecule has 1 aromatic rings. The Labute approximate surface area is 242 Å². The van der Waals surface area contributed by atoms with E-state index in [2.05, 4.69) is 5.48 Å². The van der Waals surface area contributed by atoms with E-state index in [1.807, 2.05) is 4.90 Å². The van der Waals surface area contributed by atoms with E-state index in [1.54, 1.807) is 31.4 Å². The van der Waals surface area contributed by atoms with Crippen molar-refractivity contribution in [1.29, 1.82) is 0 Å². The molecule has 0 spiro atoms. The van der Waals surface area contributed by atoms with Crippen molar-refractivity contribution in [2.45, 2.75) is 68.8 Å². The van der Waals surface area contributed by atoms with Crippen molar-refractivity contribution in [3.63, 3.8) is 0 Å². The van der Waals surface area contributed by atoms with Gasteiger partial charge in [-0.25, -0.2) is 23.0 Å². The van der Waals surface area contributed by atoms with Crippen LogP contribution in [0.5, 0.6) is 5.75 Å². The van der Waals surface area contributed by atoms with Gasteiger partial charge < -0.3 is 19.1 Å². The van der Waals surface area contributed by atoms with Crippen LogP contribution < -0.4 is 10.2 Å². The summed E-state index contributed by atoms with van der Waals surface area (Å²) in [6.07, 6.45) is 5.48. The van der Waals surface area contributed by atoms with E-state index >= 15 is 0 Å². The van der Waals surface area contributed by atoms with Crippen molar-refractivity contribution in [2.24, 2.45) is 11.8 Å². The number of rotatable bonds is 8. The van der Waals surface area contributed by atoms with Gasteiger partial charge in [0.05, 0.1) is 7.11 Å². The minimum atomic E-state index is -3.95. The molecule has 228 valence electrons. The highest BCUT2D eigenvalue weighted by Crippen LogP contribution is 2.38. The first-order valence-electron chi connectivity index (χ1n) is 14.9. The van der Waals surface area contributed by atoms with Crippen LogP contribution in [0, 0.1) is 11.8 Å². The van der Waals surface area contributed by atoms with Crippen LogP contribution in [0.2, 0.25) is 0 Å². The van der Waals surface area contributed by atoms with Crippen LogP contribution in [0.3, 0.4) is 0 Å². The second-order valence-electron chi connectivity index (χ2n) is 11.6. The average Bonchev–Trinajstić information content (AvgIpc) is 3.04. The Bertz CT molecular complexity index is 1130. The number of ether oxygens (including phenoxy) is 3. The average molecular weight is 594 g/mol. The number of hydrogen-bond donors (Lipinski definition) is 1. The maximum Gasteiger partial charge on any atom is 0.266 e. The molecule has 1 atom stereocenters. The Kier molecular flexibility index (Phi) is 9.85. The second kappa shape index (κ2) is 13.4. The maximum absolute atomic E-state index is 14.0. The molecule has 0 bridgehead atoms. The summed E-state index contributed by atoms with van der Waals surface area (Å²) in [5, 5.41) is 0. The van der Waals surface area contributed by atoms with Gasteiger partial charge in [-0.3, -0.25) is 9.59 Å². The molecule has 0 radical (unpaired) electrons. The van der Waals surface area contributed by atoms with Crippen LogP contribution in [0.4, 0.5) is 0 Å². The van der Waals surface area contributed by atoms with Crippen molar-refractivity contribution < 1.29 is 37.1 Å². The second-order valence-corrected chi connectivity index (χ2v) is 13.8. The Hall–Kier alpha value is -2.25. The number of likely N-dealkylation sites (tertiary alicyclic amines) is 1. The third-order valence-electron chi connectivity index (χ3n) is 9.30. The molecule has 4 fully saturated rings. The third-order valence-corrected chi connectivity index (χ3v) is 11.9. The number of carbonyl (C=O) groups is 2. The van der Waals surface area contributed by atoms with Crippen LogP contribution in [0.1, 0.15) is 68.1 Å². The lowest BCUT2D eigenvalue weighted by atomic mass is 9.79. The zero-order valence-corrected chi connectivity index (χ0v) is 24.7. The highest BCUT2D eigenvalue weighted by atomic mass is 32.2. The molecule has 4 heterocycles. The minimum absolute atomic E-state index is 0.0334. The largest absolute Gasteiger partial charge is 0.497 e. The van der Waals surface area contributed by atoms with Gasteiger partial charge in [-0.05, 0) is 74.6 Å². The van der Waals surface area contributed by atoms with E-state index in [0.29, 0.717) is 56.6 Å².